The van der Waals surface area contributed by atoms with Crippen LogP contribution in [0.3, 0.4) is 0 Å². The van der Waals surface area contributed by atoms with E-state index < -0.39 is 0 Å². The van der Waals surface area contributed by atoms with Crippen LogP contribution in [0.25, 0.3) is 0 Å². The molecule has 3 rings (SSSR count). The highest BCUT2D eigenvalue weighted by Crippen LogP contribution is 2.30. The Bertz CT molecular complexity index is 354. The number of hydrogen-bond donors (Lipinski definition) is 1. The predicted molar refractivity (Wildman–Crippen MR) is 87.8 cm³/mol. The molecule has 1 saturated carbocycles. The Morgan fingerprint density at radius 3 is 2.55 bits per heavy atom. The average molecular weight is 308 g/mol. The molecule has 3 fully saturated rings. The molecule has 2 saturated heterocycles. The van der Waals surface area contributed by atoms with Gasteiger partial charge in [0.1, 0.15) is 0 Å². The summed E-state index contributed by atoms with van der Waals surface area (Å²) in [6.07, 6.45) is 11.7. The van der Waals surface area contributed by atoms with Crippen molar-refractivity contribution in [2.45, 2.75) is 69.7 Å². The Labute approximate surface area is 135 Å². The van der Waals surface area contributed by atoms with Crippen LogP contribution in [0.2, 0.25) is 0 Å². The SMILES string of the molecule is O=C(CC1CCCOC1)NC1(CN2CCCC2)CCCCC1. The minimum atomic E-state index is 0.0508. The fraction of sp³-hybridized carbons (Fsp3) is 0.944. The first-order chi connectivity index (χ1) is 10.8. The molecule has 0 radical (unpaired) electrons. The molecule has 1 atom stereocenters. The fourth-order valence-electron chi connectivity index (χ4n) is 4.50. The van der Waals surface area contributed by atoms with E-state index >= 15 is 0 Å². The van der Waals surface area contributed by atoms with Crippen molar-refractivity contribution in [2.75, 3.05) is 32.8 Å². The highest BCUT2D eigenvalue weighted by Gasteiger charge is 2.36. The maximum absolute atomic E-state index is 12.6. The highest BCUT2D eigenvalue weighted by atomic mass is 16.5. The third kappa shape index (κ3) is 4.45. The molecule has 1 unspecified atom stereocenters. The number of carbonyl (C=O) groups is 1. The molecule has 126 valence electrons. The molecule has 0 aromatic rings. The summed E-state index contributed by atoms with van der Waals surface area (Å²) in [5, 5.41) is 3.47. The summed E-state index contributed by atoms with van der Waals surface area (Å²) in [4.78, 5) is 15.1. The van der Waals surface area contributed by atoms with E-state index in [0.29, 0.717) is 12.3 Å². The molecule has 1 N–H and O–H groups in total. The Morgan fingerprint density at radius 2 is 1.86 bits per heavy atom. The van der Waals surface area contributed by atoms with E-state index in [2.05, 4.69) is 10.2 Å². The summed E-state index contributed by atoms with van der Waals surface area (Å²) in [5.41, 5.74) is 0.0508. The van der Waals surface area contributed by atoms with Crippen LogP contribution >= 0.6 is 0 Å². The normalized spacial score (nSPS) is 29.4. The number of nitrogens with one attached hydrogen (secondary N) is 1. The zero-order chi connectivity index (χ0) is 15.3. The smallest absolute Gasteiger partial charge is 0.220 e. The van der Waals surface area contributed by atoms with E-state index in [1.165, 1.54) is 45.2 Å². The number of rotatable bonds is 5. The van der Waals surface area contributed by atoms with Crippen LogP contribution in [0.5, 0.6) is 0 Å². The minimum Gasteiger partial charge on any atom is -0.381 e. The molecule has 1 amide bonds. The Kier molecular flexibility index (Phi) is 5.75. The summed E-state index contributed by atoms with van der Waals surface area (Å²) in [6.45, 7) is 5.14. The molecule has 4 nitrogen and oxygen atoms in total. The molecule has 0 aromatic heterocycles. The first-order valence-electron chi connectivity index (χ1n) is 9.37. The van der Waals surface area contributed by atoms with Crippen LogP contribution in [-0.4, -0.2) is 49.2 Å². The summed E-state index contributed by atoms with van der Waals surface area (Å²) in [5.74, 6) is 0.692. The van der Waals surface area contributed by atoms with Gasteiger partial charge in [0.05, 0.1) is 5.54 Å². The van der Waals surface area contributed by atoms with Crippen LogP contribution in [0.4, 0.5) is 0 Å². The molecule has 1 aliphatic carbocycles. The number of nitrogens with zero attached hydrogens (tertiary/aromatic N) is 1. The van der Waals surface area contributed by atoms with Gasteiger partial charge in [-0.1, -0.05) is 19.3 Å². The van der Waals surface area contributed by atoms with Crippen molar-refractivity contribution in [3.05, 3.63) is 0 Å². The summed E-state index contributed by atoms with van der Waals surface area (Å²) in [6, 6.07) is 0. The van der Waals surface area contributed by atoms with Crippen molar-refractivity contribution in [3.8, 4) is 0 Å². The molecule has 0 bridgehead atoms. The molecular weight excluding hydrogens is 276 g/mol. The standard InChI is InChI=1S/C18H32N2O2/c21-17(13-16-7-6-12-22-14-16)19-18(8-2-1-3-9-18)15-20-10-4-5-11-20/h16H,1-15H2,(H,19,21). The Balaban J connectivity index is 1.55. The lowest BCUT2D eigenvalue weighted by Gasteiger charge is -2.41. The van der Waals surface area contributed by atoms with E-state index in [1.807, 2.05) is 0 Å². The van der Waals surface area contributed by atoms with Gasteiger partial charge >= 0.3 is 0 Å². The van der Waals surface area contributed by atoms with Gasteiger partial charge in [-0.25, -0.2) is 0 Å². The zero-order valence-corrected chi connectivity index (χ0v) is 13.9. The van der Waals surface area contributed by atoms with Gasteiger partial charge in [0.15, 0.2) is 0 Å². The van der Waals surface area contributed by atoms with Gasteiger partial charge in [-0.3, -0.25) is 4.79 Å². The van der Waals surface area contributed by atoms with Gasteiger partial charge in [0.25, 0.3) is 0 Å². The molecule has 2 heterocycles. The maximum atomic E-state index is 12.6. The Hall–Kier alpha value is -0.610. The second-order valence-corrected chi connectivity index (χ2v) is 7.66. The summed E-state index contributed by atoms with van der Waals surface area (Å²) < 4.78 is 5.52. The van der Waals surface area contributed by atoms with E-state index in [0.717, 1.165) is 45.4 Å². The molecule has 2 aliphatic heterocycles. The van der Waals surface area contributed by atoms with Crippen molar-refractivity contribution in [1.29, 1.82) is 0 Å². The first-order valence-corrected chi connectivity index (χ1v) is 9.37. The van der Waals surface area contributed by atoms with Crippen LogP contribution in [0.1, 0.15) is 64.2 Å². The third-order valence-electron chi connectivity index (χ3n) is 5.67. The van der Waals surface area contributed by atoms with Gasteiger partial charge in [0, 0.05) is 26.2 Å². The highest BCUT2D eigenvalue weighted by molar-refractivity contribution is 5.77. The molecule has 0 spiro atoms. The van der Waals surface area contributed by atoms with Crippen LogP contribution < -0.4 is 5.32 Å². The van der Waals surface area contributed by atoms with E-state index in [-0.39, 0.29) is 11.4 Å². The number of amides is 1. The molecular formula is C18H32N2O2. The first kappa shape index (κ1) is 16.3. The fourth-order valence-corrected chi connectivity index (χ4v) is 4.50. The van der Waals surface area contributed by atoms with Gasteiger partial charge in [0.2, 0.25) is 5.91 Å². The van der Waals surface area contributed by atoms with Gasteiger partial charge < -0.3 is 15.0 Å². The topological polar surface area (TPSA) is 41.6 Å². The largest absolute Gasteiger partial charge is 0.381 e. The summed E-state index contributed by atoms with van der Waals surface area (Å²) >= 11 is 0. The average Bonchev–Trinajstić information content (AvgIpc) is 3.01. The maximum Gasteiger partial charge on any atom is 0.220 e. The summed E-state index contributed by atoms with van der Waals surface area (Å²) in [7, 11) is 0. The monoisotopic (exact) mass is 308 g/mol. The van der Waals surface area contributed by atoms with Crippen molar-refractivity contribution in [2.24, 2.45) is 5.92 Å². The van der Waals surface area contributed by atoms with Crippen LogP contribution in [-0.2, 0) is 9.53 Å². The quantitative estimate of drug-likeness (QED) is 0.849. The van der Waals surface area contributed by atoms with E-state index in [1.54, 1.807) is 0 Å². The second-order valence-electron chi connectivity index (χ2n) is 7.66. The lowest BCUT2D eigenvalue weighted by atomic mass is 9.80. The Morgan fingerprint density at radius 1 is 1.09 bits per heavy atom. The van der Waals surface area contributed by atoms with Crippen molar-refractivity contribution in [1.82, 2.24) is 10.2 Å². The third-order valence-corrected chi connectivity index (χ3v) is 5.67. The lowest BCUT2D eigenvalue weighted by molar-refractivity contribution is -0.125. The van der Waals surface area contributed by atoms with E-state index in [4.69, 9.17) is 4.74 Å². The molecule has 4 heteroatoms. The zero-order valence-electron chi connectivity index (χ0n) is 13.9. The van der Waals surface area contributed by atoms with Crippen molar-refractivity contribution < 1.29 is 9.53 Å². The molecule has 0 aromatic carbocycles. The van der Waals surface area contributed by atoms with Gasteiger partial charge in [-0.2, -0.15) is 0 Å². The van der Waals surface area contributed by atoms with Gasteiger partial charge in [-0.15, -0.1) is 0 Å². The van der Waals surface area contributed by atoms with Crippen molar-refractivity contribution >= 4 is 5.91 Å². The molecule has 22 heavy (non-hydrogen) atoms. The predicted octanol–water partition coefficient (Wildman–Crippen LogP) is 2.72. The lowest BCUT2D eigenvalue weighted by Crippen LogP contribution is -2.56. The van der Waals surface area contributed by atoms with E-state index in [9.17, 15) is 4.79 Å². The number of carbonyl (C=O) groups excluding carboxylic acids is 1. The molecule has 3 aliphatic rings. The number of hydrogen-bond acceptors (Lipinski definition) is 3. The number of likely N-dealkylation sites (tertiary alicyclic amines) is 1. The minimum absolute atomic E-state index is 0.0508. The van der Waals surface area contributed by atoms with Gasteiger partial charge in [-0.05, 0) is 57.5 Å². The van der Waals surface area contributed by atoms with Crippen molar-refractivity contribution in [3.63, 3.8) is 0 Å². The number of ether oxygens (including phenoxy) is 1. The van der Waals surface area contributed by atoms with Crippen LogP contribution in [0, 0.1) is 5.92 Å². The van der Waals surface area contributed by atoms with Crippen LogP contribution in [0.15, 0.2) is 0 Å². The second kappa shape index (κ2) is 7.78.